The molecule has 2 atom stereocenters. The van der Waals surface area contributed by atoms with Crippen LogP contribution in [-0.2, 0) is 4.79 Å². The van der Waals surface area contributed by atoms with Crippen molar-refractivity contribution >= 4 is 29.0 Å². The van der Waals surface area contributed by atoms with Crippen molar-refractivity contribution < 1.29 is 4.79 Å². The normalized spacial score (nSPS) is 21.8. The van der Waals surface area contributed by atoms with Gasteiger partial charge in [0.05, 0.1) is 23.2 Å². The van der Waals surface area contributed by atoms with Gasteiger partial charge in [-0.05, 0) is 37.1 Å². The van der Waals surface area contributed by atoms with Gasteiger partial charge in [-0.15, -0.1) is 0 Å². The van der Waals surface area contributed by atoms with Crippen molar-refractivity contribution in [3.63, 3.8) is 0 Å². The van der Waals surface area contributed by atoms with E-state index in [1.807, 2.05) is 0 Å². The minimum Gasteiger partial charge on any atom is -0.386 e. The van der Waals surface area contributed by atoms with Crippen LogP contribution >= 0.6 is 11.6 Å². The number of primary amides is 1. The van der Waals surface area contributed by atoms with Gasteiger partial charge in [-0.25, -0.2) is 4.99 Å². The third kappa shape index (κ3) is 4.74. The van der Waals surface area contributed by atoms with E-state index in [1.165, 1.54) is 6.20 Å². The van der Waals surface area contributed by atoms with Crippen molar-refractivity contribution in [2.45, 2.75) is 31.7 Å². The maximum Gasteiger partial charge on any atom is 0.253 e. The summed E-state index contributed by atoms with van der Waals surface area (Å²) in [4.78, 5) is 15.9. The Bertz CT molecular complexity index is 690. The number of hydrogen-bond acceptors (Lipinski definition) is 4. The molecule has 1 fully saturated rings. The molecule has 0 radical (unpaired) electrons. The van der Waals surface area contributed by atoms with E-state index in [0.29, 0.717) is 10.7 Å². The standard InChI is InChI=1S/C17H20ClN5O/c18-12-5-7-13(8-6-12)23-16(20)14(17(21)24)10-22-15-4-2-1-3-11(15)9-19/h5-8,10-11,15,22H,1-4H2,(H2,20,23)(H2,21,24)/b14-10+. The molecule has 1 aromatic rings. The van der Waals surface area contributed by atoms with Crippen LogP contribution in [0.4, 0.5) is 5.69 Å². The zero-order valence-corrected chi connectivity index (χ0v) is 14.0. The molecule has 0 aliphatic heterocycles. The lowest BCUT2D eigenvalue weighted by Gasteiger charge is -2.27. The van der Waals surface area contributed by atoms with E-state index in [2.05, 4.69) is 16.4 Å². The number of nitrogens with two attached hydrogens (primary N) is 2. The molecule has 0 aromatic heterocycles. The van der Waals surface area contributed by atoms with E-state index >= 15 is 0 Å². The molecule has 24 heavy (non-hydrogen) atoms. The third-order valence-electron chi connectivity index (χ3n) is 3.99. The Balaban J connectivity index is 2.17. The fourth-order valence-electron chi connectivity index (χ4n) is 2.66. The molecule has 6 nitrogen and oxygen atoms in total. The molecule has 1 aliphatic carbocycles. The summed E-state index contributed by atoms with van der Waals surface area (Å²) >= 11 is 5.82. The van der Waals surface area contributed by atoms with Gasteiger partial charge >= 0.3 is 0 Å². The van der Waals surface area contributed by atoms with Crippen molar-refractivity contribution in [3.8, 4) is 6.07 Å². The Morgan fingerprint density at radius 2 is 1.96 bits per heavy atom. The highest BCUT2D eigenvalue weighted by molar-refractivity contribution is 6.30. The van der Waals surface area contributed by atoms with E-state index in [0.717, 1.165) is 25.7 Å². The second-order valence-electron chi connectivity index (χ2n) is 5.69. The van der Waals surface area contributed by atoms with Crippen molar-refractivity contribution in [2.75, 3.05) is 0 Å². The highest BCUT2D eigenvalue weighted by Crippen LogP contribution is 2.24. The number of amidine groups is 1. The first-order valence-corrected chi connectivity index (χ1v) is 8.15. The average molecular weight is 346 g/mol. The molecule has 126 valence electrons. The van der Waals surface area contributed by atoms with Crippen LogP contribution in [0.5, 0.6) is 0 Å². The Morgan fingerprint density at radius 3 is 2.58 bits per heavy atom. The monoisotopic (exact) mass is 345 g/mol. The predicted molar refractivity (Wildman–Crippen MR) is 94.5 cm³/mol. The van der Waals surface area contributed by atoms with Gasteiger partial charge in [0.2, 0.25) is 0 Å². The largest absolute Gasteiger partial charge is 0.386 e. The zero-order valence-electron chi connectivity index (χ0n) is 13.2. The number of nitrogens with one attached hydrogen (secondary N) is 1. The van der Waals surface area contributed by atoms with Crippen LogP contribution < -0.4 is 16.8 Å². The molecule has 1 amide bonds. The highest BCUT2D eigenvalue weighted by atomic mass is 35.5. The number of nitrogens with zero attached hydrogens (tertiary/aromatic N) is 2. The Labute approximate surface area is 146 Å². The number of aliphatic imine (C=N–C) groups is 1. The second-order valence-corrected chi connectivity index (χ2v) is 6.13. The summed E-state index contributed by atoms with van der Waals surface area (Å²) in [6, 6.07) is 9.02. The van der Waals surface area contributed by atoms with Crippen molar-refractivity contribution in [2.24, 2.45) is 22.4 Å². The summed E-state index contributed by atoms with van der Waals surface area (Å²) < 4.78 is 0. The highest BCUT2D eigenvalue weighted by Gasteiger charge is 2.24. The van der Waals surface area contributed by atoms with Crippen LogP contribution in [0.2, 0.25) is 5.02 Å². The third-order valence-corrected chi connectivity index (χ3v) is 4.24. The van der Waals surface area contributed by atoms with Gasteiger partial charge in [-0.3, -0.25) is 4.79 Å². The summed E-state index contributed by atoms with van der Waals surface area (Å²) in [6.45, 7) is 0. The average Bonchev–Trinajstić information content (AvgIpc) is 2.57. The molecule has 0 saturated heterocycles. The lowest BCUT2D eigenvalue weighted by Crippen LogP contribution is -2.37. The molecule has 2 unspecified atom stereocenters. The van der Waals surface area contributed by atoms with Gasteiger partial charge in [0.25, 0.3) is 5.91 Å². The quantitative estimate of drug-likeness (QED) is 0.431. The number of rotatable bonds is 5. The number of halogens is 1. The number of carbonyl (C=O) groups is 1. The topological polar surface area (TPSA) is 117 Å². The molecule has 0 heterocycles. The fourth-order valence-corrected chi connectivity index (χ4v) is 2.79. The molecular weight excluding hydrogens is 326 g/mol. The lowest BCUT2D eigenvalue weighted by molar-refractivity contribution is -0.114. The minimum absolute atomic E-state index is 0.0126. The van der Waals surface area contributed by atoms with Gasteiger partial charge < -0.3 is 16.8 Å². The summed E-state index contributed by atoms with van der Waals surface area (Å²) in [5, 5.41) is 12.9. The van der Waals surface area contributed by atoms with Crippen LogP contribution in [0.1, 0.15) is 25.7 Å². The molecule has 0 spiro atoms. The van der Waals surface area contributed by atoms with Gasteiger partial charge in [0.1, 0.15) is 5.84 Å². The van der Waals surface area contributed by atoms with Gasteiger partial charge in [0, 0.05) is 17.3 Å². The number of benzene rings is 1. The second kappa shape index (κ2) is 8.37. The number of hydrogen-bond donors (Lipinski definition) is 3. The van der Waals surface area contributed by atoms with E-state index in [9.17, 15) is 10.1 Å². The minimum atomic E-state index is -0.679. The molecule has 1 saturated carbocycles. The van der Waals surface area contributed by atoms with Crippen molar-refractivity contribution in [1.82, 2.24) is 5.32 Å². The fraction of sp³-hybridized carbons (Fsp3) is 0.353. The number of carbonyl (C=O) groups excluding carboxylic acids is 1. The lowest BCUT2D eigenvalue weighted by atomic mass is 9.85. The Morgan fingerprint density at radius 1 is 1.29 bits per heavy atom. The van der Waals surface area contributed by atoms with Crippen LogP contribution in [0, 0.1) is 17.2 Å². The van der Waals surface area contributed by atoms with Crippen LogP contribution in [0.25, 0.3) is 0 Å². The van der Waals surface area contributed by atoms with Gasteiger partial charge in [-0.2, -0.15) is 5.26 Å². The summed E-state index contributed by atoms with van der Waals surface area (Å²) in [7, 11) is 0. The van der Waals surface area contributed by atoms with Crippen molar-refractivity contribution in [3.05, 3.63) is 41.1 Å². The van der Waals surface area contributed by atoms with Gasteiger partial charge in [-0.1, -0.05) is 24.4 Å². The molecule has 0 bridgehead atoms. The van der Waals surface area contributed by atoms with E-state index in [4.69, 9.17) is 23.1 Å². The SMILES string of the molecule is N#CC1CCCCC1N/C=C(/C(N)=O)C(N)=Nc1ccc(Cl)cc1. The van der Waals surface area contributed by atoms with E-state index < -0.39 is 5.91 Å². The summed E-state index contributed by atoms with van der Waals surface area (Å²) in [5.74, 6) is -0.748. The zero-order chi connectivity index (χ0) is 17.5. The van der Waals surface area contributed by atoms with Crippen LogP contribution in [0.3, 0.4) is 0 Å². The predicted octanol–water partition coefficient (Wildman–Crippen LogP) is 2.37. The number of nitriles is 1. The first-order valence-electron chi connectivity index (χ1n) is 7.77. The molecule has 1 aliphatic rings. The first-order chi connectivity index (χ1) is 11.5. The maximum atomic E-state index is 11.7. The molecule has 2 rings (SSSR count). The smallest absolute Gasteiger partial charge is 0.253 e. The maximum absolute atomic E-state index is 11.7. The molecule has 1 aromatic carbocycles. The van der Waals surface area contributed by atoms with Crippen molar-refractivity contribution in [1.29, 1.82) is 5.26 Å². The molecule has 7 heteroatoms. The van der Waals surface area contributed by atoms with Gasteiger partial charge in [0.15, 0.2) is 0 Å². The van der Waals surface area contributed by atoms with Crippen LogP contribution in [-0.4, -0.2) is 17.8 Å². The van der Waals surface area contributed by atoms with E-state index in [1.54, 1.807) is 24.3 Å². The first kappa shape index (κ1) is 17.8. The van der Waals surface area contributed by atoms with Crippen LogP contribution in [0.15, 0.2) is 41.0 Å². The number of amides is 1. The molecular formula is C17H20ClN5O. The Hall–Kier alpha value is -2.52. The Kier molecular flexibility index (Phi) is 6.21. The summed E-state index contributed by atoms with van der Waals surface area (Å²) in [6.07, 6.45) is 5.28. The summed E-state index contributed by atoms with van der Waals surface area (Å²) in [5.41, 5.74) is 12.0. The van der Waals surface area contributed by atoms with E-state index in [-0.39, 0.29) is 23.4 Å². The molecule has 5 N–H and O–H groups in total.